The molecule has 3 heterocycles. The van der Waals surface area contributed by atoms with Crippen LogP contribution >= 0.6 is 0 Å². The zero-order valence-electron chi connectivity index (χ0n) is 15.5. The fourth-order valence-electron chi connectivity index (χ4n) is 3.75. The third kappa shape index (κ3) is 5.47. The molecule has 0 spiro atoms. The quantitative estimate of drug-likeness (QED) is 0.857. The molecule has 3 rings (SSSR count). The zero-order chi connectivity index (χ0) is 17.6. The first-order valence-corrected chi connectivity index (χ1v) is 9.50. The Bertz CT molecular complexity index is 558. The number of furan rings is 1. The smallest absolute Gasteiger partial charge is 0.315 e. The number of rotatable bonds is 5. The summed E-state index contributed by atoms with van der Waals surface area (Å²) in [7, 11) is 0. The van der Waals surface area contributed by atoms with Crippen LogP contribution in [-0.2, 0) is 11.3 Å². The predicted octanol–water partition coefficient (Wildman–Crippen LogP) is 2.59. The molecule has 2 saturated heterocycles. The topological polar surface area (TPSA) is 66.7 Å². The summed E-state index contributed by atoms with van der Waals surface area (Å²) in [4.78, 5) is 14.5. The van der Waals surface area contributed by atoms with Crippen LogP contribution in [0.25, 0.3) is 0 Å². The normalized spacial score (nSPS) is 20.6. The van der Waals surface area contributed by atoms with E-state index in [1.165, 1.54) is 5.56 Å². The van der Waals surface area contributed by atoms with Crippen LogP contribution in [0.2, 0.25) is 0 Å². The van der Waals surface area contributed by atoms with Crippen LogP contribution in [0.4, 0.5) is 4.79 Å². The highest BCUT2D eigenvalue weighted by atomic mass is 16.5. The average molecular weight is 349 g/mol. The first-order chi connectivity index (χ1) is 12.1. The van der Waals surface area contributed by atoms with E-state index in [4.69, 9.17) is 9.15 Å². The summed E-state index contributed by atoms with van der Waals surface area (Å²) in [5.74, 6) is 2.59. The molecule has 6 nitrogen and oxygen atoms in total. The number of nitrogens with one attached hydrogen (secondary N) is 2. The van der Waals surface area contributed by atoms with E-state index >= 15 is 0 Å². The number of nitrogens with zero attached hydrogens (tertiary/aromatic N) is 1. The van der Waals surface area contributed by atoms with Crippen molar-refractivity contribution in [2.24, 2.45) is 5.92 Å². The number of urea groups is 1. The first-order valence-electron chi connectivity index (χ1n) is 9.50. The predicted molar refractivity (Wildman–Crippen MR) is 96.6 cm³/mol. The van der Waals surface area contributed by atoms with E-state index < -0.39 is 0 Å². The largest absolute Gasteiger partial charge is 0.466 e. The van der Waals surface area contributed by atoms with Gasteiger partial charge < -0.3 is 19.8 Å². The molecule has 0 saturated carbocycles. The van der Waals surface area contributed by atoms with Gasteiger partial charge in [0, 0.05) is 37.9 Å². The molecule has 140 valence electrons. The maximum Gasteiger partial charge on any atom is 0.315 e. The molecule has 0 aliphatic carbocycles. The fraction of sp³-hybridized carbons (Fsp3) is 0.737. The third-order valence-electron chi connectivity index (χ3n) is 5.35. The fourth-order valence-corrected chi connectivity index (χ4v) is 3.75. The summed E-state index contributed by atoms with van der Waals surface area (Å²) < 4.78 is 10.9. The summed E-state index contributed by atoms with van der Waals surface area (Å²) in [5, 5.41) is 6.11. The van der Waals surface area contributed by atoms with E-state index in [-0.39, 0.29) is 12.1 Å². The number of carbonyl (C=O) groups excluding carboxylic acids is 1. The number of piperidine rings is 1. The Morgan fingerprint density at radius 1 is 1.20 bits per heavy atom. The van der Waals surface area contributed by atoms with Crippen LogP contribution in [0.15, 0.2) is 10.5 Å². The summed E-state index contributed by atoms with van der Waals surface area (Å²) in [5.41, 5.74) is 1.30. The van der Waals surface area contributed by atoms with Gasteiger partial charge in [-0.15, -0.1) is 0 Å². The second kappa shape index (κ2) is 8.72. The Morgan fingerprint density at radius 3 is 2.56 bits per heavy atom. The molecular formula is C19H31N3O3. The van der Waals surface area contributed by atoms with Crippen LogP contribution in [0.1, 0.15) is 42.8 Å². The molecule has 25 heavy (non-hydrogen) atoms. The van der Waals surface area contributed by atoms with Crippen molar-refractivity contribution >= 4 is 6.03 Å². The minimum absolute atomic E-state index is 0.0289. The molecule has 0 bridgehead atoms. The monoisotopic (exact) mass is 349 g/mol. The molecule has 2 N–H and O–H groups in total. The third-order valence-corrected chi connectivity index (χ3v) is 5.35. The van der Waals surface area contributed by atoms with E-state index in [1.54, 1.807) is 0 Å². The van der Waals surface area contributed by atoms with Crippen molar-refractivity contribution in [2.75, 3.05) is 32.8 Å². The molecule has 0 atom stereocenters. The highest BCUT2D eigenvalue weighted by Gasteiger charge is 2.22. The summed E-state index contributed by atoms with van der Waals surface area (Å²) >= 11 is 0. The van der Waals surface area contributed by atoms with Gasteiger partial charge in [-0.2, -0.15) is 0 Å². The average Bonchev–Trinajstić information content (AvgIpc) is 2.92. The summed E-state index contributed by atoms with van der Waals surface area (Å²) in [6, 6.07) is 2.37. The minimum Gasteiger partial charge on any atom is -0.466 e. The lowest BCUT2D eigenvalue weighted by molar-refractivity contribution is 0.0799. The molecule has 1 aromatic rings. The number of ether oxygens (including phenoxy) is 1. The van der Waals surface area contributed by atoms with E-state index in [9.17, 15) is 4.79 Å². The number of amides is 2. The SMILES string of the molecule is Cc1cc(CN2CCC(CNC(=O)NC3CCOCC3)CC2)c(C)o1. The molecule has 2 aliphatic rings. The number of aryl methyl sites for hydroxylation is 2. The van der Waals surface area contributed by atoms with Gasteiger partial charge in [0.25, 0.3) is 0 Å². The Hall–Kier alpha value is -1.53. The van der Waals surface area contributed by atoms with Gasteiger partial charge in [-0.25, -0.2) is 4.79 Å². The van der Waals surface area contributed by atoms with Crippen molar-refractivity contribution < 1.29 is 13.9 Å². The van der Waals surface area contributed by atoms with Crippen molar-refractivity contribution in [3.63, 3.8) is 0 Å². The minimum atomic E-state index is -0.0289. The highest BCUT2D eigenvalue weighted by molar-refractivity contribution is 5.74. The summed E-state index contributed by atoms with van der Waals surface area (Å²) in [6.45, 7) is 9.43. The van der Waals surface area contributed by atoms with Crippen molar-refractivity contribution in [3.8, 4) is 0 Å². The maximum atomic E-state index is 12.0. The number of hydrogen-bond donors (Lipinski definition) is 2. The van der Waals surface area contributed by atoms with Gasteiger partial charge in [0.2, 0.25) is 0 Å². The molecule has 2 amide bonds. The van der Waals surface area contributed by atoms with E-state index in [0.717, 1.165) is 76.6 Å². The van der Waals surface area contributed by atoms with Crippen LogP contribution in [0.3, 0.4) is 0 Å². The second-order valence-electron chi connectivity index (χ2n) is 7.40. The van der Waals surface area contributed by atoms with Gasteiger partial charge in [0.1, 0.15) is 11.5 Å². The van der Waals surface area contributed by atoms with Crippen LogP contribution in [-0.4, -0.2) is 49.8 Å². The molecule has 0 unspecified atom stereocenters. The number of hydrogen-bond acceptors (Lipinski definition) is 4. The van der Waals surface area contributed by atoms with Gasteiger partial charge in [0.15, 0.2) is 0 Å². The molecule has 0 aromatic carbocycles. The van der Waals surface area contributed by atoms with Crippen LogP contribution in [0, 0.1) is 19.8 Å². The van der Waals surface area contributed by atoms with Crippen LogP contribution < -0.4 is 10.6 Å². The Morgan fingerprint density at radius 2 is 1.92 bits per heavy atom. The van der Waals surface area contributed by atoms with E-state index in [2.05, 4.69) is 21.6 Å². The highest BCUT2D eigenvalue weighted by Crippen LogP contribution is 2.21. The van der Waals surface area contributed by atoms with Gasteiger partial charge >= 0.3 is 6.03 Å². The summed E-state index contributed by atoms with van der Waals surface area (Å²) in [6.07, 6.45) is 4.10. The Kier molecular flexibility index (Phi) is 6.37. The van der Waals surface area contributed by atoms with Crippen molar-refractivity contribution in [1.29, 1.82) is 0 Å². The Balaban J connectivity index is 1.33. The zero-order valence-corrected chi connectivity index (χ0v) is 15.5. The molecule has 0 radical (unpaired) electrons. The Labute approximate surface area is 150 Å². The van der Waals surface area contributed by atoms with E-state index in [0.29, 0.717) is 5.92 Å². The lowest BCUT2D eigenvalue weighted by atomic mass is 9.96. The first kappa shape index (κ1) is 18.3. The van der Waals surface area contributed by atoms with Crippen molar-refractivity contribution in [1.82, 2.24) is 15.5 Å². The lowest BCUT2D eigenvalue weighted by Gasteiger charge is -2.32. The molecule has 6 heteroatoms. The van der Waals surface area contributed by atoms with Gasteiger partial charge in [-0.05, 0) is 64.6 Å². The maximum absolute atomic E-state index is 12.0. The molecule has 2 aliphatic heterocycles. The van der Waals surface area contributed by atoms with E-state index in [1.807, 2.05) is 13.8 Å². The number of likely N-dealkylation sites (tertiary alicyclic amines) is 1. The second-order valence-corrected chi connectivity index (χ2v) is 7.40. The van der Waals surface area contributed by atoms with Gasteiger partial charge in [-0.3, -0.25) is 4.90 Å². The lowest BCUT2D eigenvalue weighted by Crippen LogP contribution is -2.46. The van der Waals surface area contributed by atoms with Crippen LogP contribution in [0.5, 0.6) is 0 Å². The number of carbonyl (C=O) groups is 1. The molecule has 1 aromatic heterocycles. The molecular weight excluding hydrogens is 318 g/mol. The van der Waals surface area contributed by atoms with Crippen molar-refractivity contribution in [3.05, 3.63) is 23.2 Å². The molecule has 2 fully saturated rings. The van der Waals surface area contributed by atoms with Gasteiger partial charge in [-0.1, -0.05) is 0 Å². The standard InChI is InChI=1S/C19H31N3O3/c1-14-11-17(15(2)25-14)13-22-7-3-16(4-8-22)12-20-19(23)21-18-5-9-24-10-6-18/h11,16,18H,3-10,12-13H2,1-2H3,(H2,20,21,23). The van der Waals surface area contributed by atoms with Gasteiger partial charge in [0.05, 0.1) is 0 Å². The van der Waals surface area contributed by atoms with Crippen molar-refractivity contribution in [2.45, 2.75) is 52.1 Å².